The maximum atomic E-state index is 16.6. The van der Waals surface area contributed by atoms with Gasteiger partial charge in [0.15, 0.2) is 5.67 Å². The number of halogens is 3. The van der Waals surface area contributed by atoms with Crippen LogP contribution < -0.4 is 9.95 Å². The van der Waals surface area contributed by atoms with Crippen molar-refractivity contribution in [3.63, 3.8) is 0 Å². The summed E-state index contributed by atoms with van der Waals surface area (Å²) in [4.78, 5) is -0.168. The van der Waals surface area contributed by atoms with E-state index in [9.17, 15) is 13.6 Å². The lowest BCUT2D eigenvalue weighted by molar-refractivity contribution is 0.123. The first-order valence-corrected chi connectivity index (χ1v) is 12.1. The molecule has 0 spiro atoms. The van der Waals surface area contributed by atoms with Gasteiger partial charge in [-0.3, -0.25) is 5.21 Å². The highest BCUT2D eigenvalue weighted by molar-refractivity contribution is 9.10. The van der Waals surface area contributed by atoms with Crippen LogP contribution in [0, 0.1) is 5.21 Å². The normalized spacial score (nSPS) is 14.6. The summed E-state index contributed by atoms with van der Waals surface area (Å²) in [5.41, 5.74) is -1.28. The minimum Gasteiger partial charge on any atom is -0.733 e. The van der Waals surface area contributed by atoms with Crippen LogP contribution in [-0.4, -0.2) is 19.7 Å². The molecule has 0 heterocycles. The Balaban J connectivity index is 1.95. The molecule has 6 nitrogen and oxygen atoms in total. The zero-order valence-electron chi connectivity index (χ0n) is 16.9. The molecule has 2 N–H and O–H groups in total. The first-order chi connectivity index (χ1) is 15.0. The van der Waals surface area contributed by atoms with Crippen molar-refractivity contribution >= 4 is 43.2 Å². The minimum atomic E-state index is -4.13. The van der Waals surface area contributed by atoms with Crippen LogP contribution in [0.2, 0.25) is 5.02 Å². The highest BCUT2D eigenvalue weighted by atomic mass is 79.9. The van der Waals surface area contributed by atoms with Gasteiger partial charge in [-0.05, 0) is 66.6 Å². The van der Waals surface area contributed by atoms with Crippen molar-refractivity contribution in [2.45, 2.75) is 30.0 Å². The molecule has 1 unspecified atom stereocenters. The zero-order chi connectivity index (χ0) is 23.5. The monoisotopic (exact) mass is 541 g/mol. The Morgan fingerprint density at radius 1 is 1.16 bits per heavy atom. The van der Waals surface area contributed by atoms with Crippen molar-refractivity contribution < 1.29 is 18.0 Å². The van der Waals surface area contributed by atoms with Gasteiger partial charge in [-0.15, -0.1) is 0 Å². The van der Waals surface area contributed by atoms with Gasteiger partial charge in [0.2, 0.25) is 10.0 Å². The summed E-state index contributed by atoms with van der Waals surface area (Å²) in [6.07, 6.45) is -0.0983. The molecule has 2 atom stereocenters. The molecule has 0 aromatic heterocycles. The summed E-state index contributed by atoms with van der Waals surface area (Å²) in [5, 5.41) is 20.0. The van der Waals surface area contributed by atoms with Crippen molar-refractivity contribution in [3.8, 4) is 0 Å². The van der Waals surface area contributed by atoms with Crippen LogP contribution in [0.3, 0.4) is 0 Å². The van der Waals surface area contributed by atoms with Gasteiger partial charge in [0, 0.05) is 15.9 Å². The van der Waals surface area contributed by atoms with Gasteiger partial charge in [0.05, 0.1) is 16.6 Å². The number of nitrogens with zero attached hydrogens (tertiary/aromatic N) is 1. The lowest BCUT2D eigenvalue weighted by Gasteiger charge is -2.33. The van der Waals surface area contributed by atoms with E-state index in [1.165, 1.54) is 6.92 Å². The lowest BCUT2D eigenvalue weighted by Crippen LogP contribution is -2.47. The highest BCUT2D eigenvalue weighted by Gasteiger charge is 2.41. The number of anilines is 1. The van der Waals surface area contributed by atoms with Gasteiger partial charge in [0.25, 0.3) is 0 Å². The van der Waals surface area contributed by atoms with Crippen LogP contribution in [0.4, 0.5) is 10.1 Å². The van der Waals surface area contributed by atoms with Gasteiger partial charge >= 0.3 is 0 Å². The number of alkyl halides is 1. The average molecular weight is 543 g/mol. The molecule has 0 bridgehead atoms. The Kier molecular flexibility index (Phi) is 7.59. The second kappa shape index (κ2) is 9.86. The minimum absolute atomic E-state index is 0.0983. The van der Waals surface area contributed by atoms with Crippen molar-refractivity contribution in [2.24, 2.45) is 0 Å². The molecule has 170 valence electrons. The first-order valence-electron chi connectivity index (χ1n) is 9.49. The summed E-state index contributed by atoms with van der Waals surface area (Å²) < 4.78 is 45.5. The van der Waals surface area contributed by atoms with E-state index in [1.807, 2.05) is 0 Å². The topological polar surface area (TPSA) is 92.7 Å². The largest absolute Gasteiger partial charge is 0.733 e. The number of sulfonamides is 1. The van der Waals surface area contributed by atoms with Crippen LogP contribution >= 0.6 is 27.5 Å². The van der Waals surface area contributed by atoms with Gasteiger partial charge in [-0.25, -0.2) is 17.5 Å². The number of nitrogens with one attached hydrogen (secondary N) is 1. The second-order valence-corrected chi connectivity index (χ2v) is 10.4. The summed E-state index contributed by atoms with van der Waals surface area (Å²) in [6, 6.07) is 16.8. The Morgan fingerprint density at radius 2 is 1.78 bits per heavy atom. The van der Waals surface area contributed by atoms with E-state index in [0.717, 1.165) is 24.3 Å². The molecule has 32 heavy (non-hydrogen) atoms. The van der Waals surface area contributed by atoms with Gasteiger partial charge in [-0.2, -0.15) is 0 Å². The van der Waals surface area contributed by atoms with Crippen LogP contribution in [0.15, 0.2) is 82.2 Å². The molecule has 0 amide bonds. The number of rotatable bonds is 8. The number of hydrogen-bond acceptors (Lipinski definition) is 5. The SMILES string of the molecule is C[C@H](NS(=O)(=O)c1ccc(N([O-])O)cc1)C(F)(Cc1ccc(Cl)cc1)c1cccc(Br)c1. The van der Waals surface area contributed by atoms with Crippen LogP contribution in [0.25, 0.3) is 0 Å². The van der Waals surface area contributed by atoms with E-state index in [-0.39, 0.29) is 22.2 Å². The van der Waals surface area contributed by atoms with E-state index >= 15 is 4.39 Å². The molecule has 3 rings (SSSR count). The van der Waals surface area contributed by atoms with E-state index in [4.69, 9.17) is 16.8 Å². The van der Waals surface area contributed by atoms with Gasteiger partial charge in [0.1, 0.15) is 0 Å². The summed E-state index contributed by atoms with van der Waals surface area (Å²) in [7, 11) is -4.13. The molecular formula is C22H20BrClFN2O4S-. The quantitative estimate of drug-likeness (QED) is 0.363. The Morgan fingerprint density at radius 3 is 2.34 bits per heavy atom. The molecular weight excluding hydrogens is 523 g/mol. The summed E-state index contributed by atoms with van der Waals surface area (Å²) in [5.74, 6) is 0. The predicted molar refractivity (Wildman–Crippen MR) is 126 cm³/mol. The molecule has 3 aromatic carbocycles. The van der Waals surface area contributed by atoms with Crippen molar-refractivity contribution in [2.75, 3.05) is 5.23 Å². The molecule has 0 aliphatic carbocycles. The maximum absolute atomic E-state index is 16.6. The summed E-state index contributed by atoms with van der Waals surface area (Å²) >= 11 is 9.28. The van der Waals surface area contributed by atoms with Crippen molar-refractivity contribution in [1.29, 1.82) is 0 Å². The smallest absolute Gasteiger partial charge is 0.240 e. The highest BCUT2D eigenvalue weighted by Crippen LogP contribution is 2.36. The van der Waals surface area contributed by atoms with Gasteiger partial charge in [-0.1, -0.05) is 51.8 Å². The average Bonchev–Trinajstić information content (AvgIpc) is 2.75. The third-order valence-corrected chi connectivity index (χ3v) is 7.37. The Labute approximate surface area is 199 Å². The standard InChI is InChI=1S/C22H20BrClFN2O4S/c1-15(26-32(30,31)21-11-9-20(10-12-21)27(28)29)22(25,17-3-2-4-18(23)13-17)14-16-5-7-19(24)8-6-16/h2-13,15,26,28H,14H2,1H3/q-1/t15-,22?/m0/s1. The number of benzene rings is 3. The van der Waals surface area contributed by atoms with Crippen LogP contribution in [-0.2, 0) is 22.1 Å². The molecule has 0 saturated heterocycles. The van der Waals surface area contributed by atoms with Crippen molar-refractivity contribution in [3.05, 3.63) is 98.6 Å². The Bertz CT molecular complexity index is 1180. The second-order valence-electron chi connectivity index (χ2n) is 7.29. The van der Waals surface area contributed by atoms with Crippen molar-refractivity contribution in [1.82, 2.24) is 4.72 Å². The molecule has 0 fully saturated rings. The molecule has 0 aliphatic rings. The Hall–Kier alpha value is -2.01. The van der Waals surface area contributed by atoms with Gasteiger partial charge < -0.3 is 10.4 Å². The third kappa shape index (κ3) is 5.67. The van der Waals surface area contributed by atoms with Crippen LogP contribution in [0.5, 0.6) is 0 Å². The molecule has 0 saturated carbocycles. The van der Waals surface area contributed by atoms with E-state index < -0.39 is 21.7 Å². The fraction of sp³-hybridized carbons (Fsp3) is 0.182. The zero-order valence-corrected chi connectivity index (χ0v) is 20.0. The molecule has 10 heteroatoms. The fourth-order valence-corrected chi connectivity index (χ4v) is 5.11. The maximum Gasteiger partial charge on any atom is 0.240 e. The first kappa shape index (κ1) is 24.6. The molecule has 0 aliphatic heterocycles. The third-order valence-electron chi connectivity index (χ3n) is 5.07. The van der Waals surface area contributed by atoms with E-state index in [0.29, 0.717) is 20.6 Å². The van der Waals surface area contributed by atoms with E-state index in [2.05, 4.69) is 20.7 Å². The molecule has 3 aromatic rings. The molecule has 0 radical (unpaired) electrons. The predicted octanol–water partition coefficient (Wildman–Crippen LogP) is 5.57. The number of hydrogen-bond donors (Lipinski definition) is 2. The lowest BCUT2D eigenvalue weighted by atomic mass is 9.84. The van der Waals surface area contributed by atoms with Crippen LogP contribution in [0.1, 0.15) is 18.1 Å². The fourth-order valence-electron chi connectivity index (χ4n) is 3.30. The van der Waals surface area contributed by atoms with E-state index in [1.54, 1.807) is 48.5 Å². The summed E-state index contributed by atoms with van der Waals surface area (Å²) in [6.45, 7) is 1.45.